The van der Waals surface area contributed by atoms with E-state index < -0.39 is 0 Å². The Labute approximate surface area is 87.3 Å². The molecule has 0 aliphatic carbocycles. The molecule has 15 heavy (non-hydrogen) atoms. The van der Waals surface area contributed by atoms with Crippen LogP contribution in [0.15, 0.2) is 53.1 Å². The zero-order valence-electron chi connectivity index (χ0n) is 8.10. The number of allylic oxidation sites excluding steroid dienone is 2. The molecule has 1 N–H and O–H groups in total. The van der Waals surface area contributed by atoms with E-state index in [2.05, 4.69) is 5.32 Å². The number of nitrogens with zero attached hydrogens (tertiary/aromatic N) is 1. The van der Waals surface area contributed by atoms with Gasteiger partial charge in [-0.25, -0.2) is 0 Å². The lowest BCUT2D eigenvalue weighted by atomic mass is 10.3. The molecule has 0 amide bonds. The molecule has 0 radical (unpaired) electrons. The SMILES string of the molecule is O=c1ccccc2c1N1CC=CC=C1N2. The van der Waals surface area contributed by atoms with Gasteiger partial charge in [0.1, 0.15) is 11.5 Å². The standard InChI is InChI=1S/C12H10N2O/c15-10-6-2-1-5-9-12(10)14-8-4-3-7-11(14)13-9/h1-7,13H,8H2. The van der Waals surface area contributed by atoms with E-state index in [4.69, 9.17) is 0 Å². The highest BCUT2D eigenvalue weighted by atomic mass is 16.1. The van der Waals surface area contributed by atoms with Gasteiger partial charge in [0.2, 0.25) is 5.43 Å². The van der Waals surface area contributed by atoms with Crippen molar-refractivity contribution < 1.29 is 0 Å². The predicted octanol–water partition coefficient (Wildman–Crippen LogP) is 1.69. The fourth-order valence-electron chi connectivity index (χ4n) is 1.94. The van der Waals surface area contributed by atoms with Gasteiger partial charge in [0.05, 0.1) is 5.69 Å². The Bertz CT molecular complexity index is 531. The van der Waals surface area contributed by atoms with Gasteiger partial charge >= 0.3 is 0 Å². The van der Waals surface area contributed by atoms with Crippen LogP contribution in [0.2, 0.25) is 0 Å². The van der Waals surface area contributed by atoms with E-state index in [1.54, 1.807) is 12.1 Å². The van der Waals surface area contributed by atoms with Crippen molar-refractivity contribution >= 4 is 11.4 Å². The molecule has 0 aromatic heterocycles. The minimum atomic E-state index is 0.0567. The number of hydrogen-bond acceptors (Lipinski definition) is 3. The summed E-state index contributed by atoms with van der Waals surface area (Å²) in [5, 5.41) is 3.23. The van der Waals surface area contributed by atoms with Crippen LogP contribution in [0.3, 0.4) is 0 Å². The first-order valence-electron chi connectivity index (χ1n) is 4.91. The summed E-state index contributed by atoms with van der Waals surface area (Å²) in [6.07, 6.45) is 6.00. The summed E-state index contributed by atoms with van der Waals surface area (Å²) in [7, 11) is 0. The van der Waals surface area contributed by atoms with Crippen molar-refractivity contribution in [2.24, 2.45) is 0 Å². The maximum Gasteiger partial charge on any atom is 0.204 e. The second kappa shape index (κ2) is 2.98. The molecule has 0 fully saturated rings. The van der Waals surface area contributed by atoms with Crippen LogP contribution in [0.25, 0.3) is 0 Å². The molecule has 0 atom stereocenters. The highest BCUT2D eigenvalue weighted by molar-refractivity contribution is 5.81. The van der Waals surface area contributed by atoms with Crippen molar-refractivity contribution in [1.29, 1.82) is 0 Å². The third-order valence-corrected chi connectivity index (χ3v) is 2.61. The van der Waals surface area contributed by atoms with Gasteiger partial charge in [-0.1, -0.05) is 24.3 Å². The molecule has 3 heteroatoms. The van der Waals surface area contributed by atoms with E-state index in [0.29, 0.717) is 0 Å². The lowest BCUT2D eigenvalue weighted by Gasteiger charge is -2.19. The van der Waals surface area contributed by atoms with Crippen molar-refractivity contribution in [2.45, 2.75) is 0 Å². The van der Waals surface area contributed by atoms with Crippen molar-refractivity contribution in [1.82, 2.24) is 0 Å². The van der Waals surface area contributed by atoms with Crippen molar-refractivity contribution in [2.75, 3.05) is 16.8 Å². The summed E-state index contributed by atoms with van der Waals surface area (Å²) in [6.45, 7) is 0.755. The summed E-state index contributed by atoms with van der Waals surface area (Å²) in [6, 6.07) is 7.17. The molecule has 2 heterocycles. The number of anilines is 2. The van der Waals surface area contributed by atoms with Crippen molar-refractivity contribution in [3.8, 4) is 0 Å². The molecule has 0 bridgehead atoms. The zero-order valence-corrected chi connectivity index (χ0v) is 8.10. The number of rotatable bonds is 0. The van der Waals surface area contributed by atoms with Crippen LogP contribution in [0, 0.1) is 0 Å². The van der Waals surface area contributed by atoms with E-state index in [1.807, 2.05) is 35.3 Å². The predicted molar refractivity (Wildman–Crippen MR) is 60.9 cm³/mol. The van der Waals surface area contributed by atoms with Gasteiger partial charge in [0.15, 0.2) is 0 Å². The molecule has 3 nitrogen and oxygen atoms in total. The Morgan fingerprint density at radius 2 is 2.13 bits per heavy atom. The molecule has 2 aliphatic heterocycles. The Kier molecular flexibility index (Phi) is 1.65. The van der Waals surface area contributed by atoms with E-state index in [-0.39, 0.29) is 5.43 Å². The third kappa shape index (κ3) is 1.16. The molecular weight excluding hydrogens is 188 g/mol. The number of nitrogens with one attached hydrogen (secondary N) is 1. The van der Waals surface area contributed by atoms with Gasteiger partial charge in [-0.2, -0.15) is 0 Å². The highest BCUT2D eigenvalue weighted by Gasteiger charge is 2.25. The summed E-state index contributed by atoms with van der Waals surface area (Å²) >= 11 is 0. The first kappa shape index (κ1) is 8.29. The average Bonchev–Trinajstić information content (AvgIpc) is 2.53. The number of fused-ring (bicyclic) bond motifs is 3. The smallest absolute Gasteiger partial charge is 0.204 e. The Morgan fingerprint density at radius 3 is 3.07 bits per heavy atom. The lowest BCUT2D eigenvalue weighted by Crippen LogP contribution is -2.25. The number of hydrogen-bond donors (Lipinski definition) is 1. The van der Waals surface area contributed by atoms with E-state index in [1.165, 1.54) is 0 Å². The average molecular weight is 198 g/mol. The maximum atomic E-state index is 11.8. The Morgan fingerprint density at radius 1 is 1.27 bits per heavy atom. The summed E-state index contributed by atoms with van der Waals surface area (Å²) in [4.78, 5) is 13.8. The maximum absolute atomic E-state index is 11.8. The minimum Gasteiger partial charge on any atom is -0.340 e. The molecule has 0 spiro atoms. The van der Waals surface area contributed by atoms with Gasteiger partial charge in [-0.3, -0.25) is 4.79 Å². The second-order valence-corrected chi connectivity index (χ2v) is 3.56. The van der Waals surface area contributed by atoms with Crippen LogP contribution in [0.1, 0.15) is 0 Å². The van der Waals surface area contributed by atoms with Gasteiger partial charge in [0.25, 0.3) is 0 Å². The normalized spacial score (nSPS) is 16.5. The van der Waals surface area contributed by atoms with E-state index in [9.17, 15) is 4.79 Å². The zero-order chi connectivity index (χ0) is 10.3. The fraction of sp³-hybridized carbons (Fsp3) is 0.0833. The van der Waals surface area contributed by atoms with Gasteiger partial charge < -0.3 is 10.2 Å². The van der Waals surface area contributed by atoms with Gasteiger partial charge in [0, 0.05) is 6.54 Å². The van der Waals surface area contributed by atoms with Crippen LogP contribution in [0.5, 0.6) is 0 Å². The molecule has 3 rings (SSSR count). The Balaban J connectivity index is 2.26. The molecule has 0 unspecified atom stereocenters. The summed E-state index contributed by atoms with van der Waals surface area (Å²) in [5.41, 5.74) is 1.69. The molecule has 1 aromatic carbocycles. The van der Waals surface area contributed by atoms with Crippen LogP contribution >= 0.6 is 0 Å². The van der Waals surface area contributed by atoms with Gasteiger partial charge in [-0.15, -0.1) is 0 Å². The largest absolute Gasteiger partial charge is 0.340 e. The quantitative estimate of drug-likeness (QED) is 0.688. The molecule has 2 aliphatic rings. The summed E-state index contributed by atoms with van der Waals surface area (Å²) in [5.74, 6) is 0.982. The van der Waals surface area contributed by atoms with Gasteiger partial charge in [-0.05, 0) is 18.2 Å². The van der Waals surface area contributed by atoms with E-state index in [0.717, 1.165) is 23.7 Å². The van der Waals surface area contributed by atoms with Crippen LogP contribution in [-0.2, 0) is 0 Å². The monoisotopic (exact) mass is 198 g/mol. The first-order valence-corrected chi connectivity index (χ1v) is 4.91. The second-order valence-electron chi connectivity index (χ2n) is 3.56. The van der Waals surface area contributed by atoms with Crippen LogP contribution in [-0.4, -0.2) is 6.54 Å². The fourth-order valence-corrected chi connectivity index (χ4v) is 1.94. The molecular formula is C12H10N2O. The third-order valence-electron chi connectivity index (χ3n) is 2.61. The Hall–Kier alpha value is -2.03. The lowest BCUT2D eigenvalue weighted by molar-refractivity contribution is 1.03. The van der Waals surface area contributed by atoms with Crippen LogP contribution in [0.4, 0.5) is 11.4 Å². The van der Waals surface area contributed by atoms with Crippen LogP contribution < -0.4 is 15.6 Å². The molecule has 0 saturated heterocycles. The highest BCUT2D eigenvalue weighted by Crippen LogP contribution is 2.33. The first-order chi connectivity index (χ1) is 7.36. The van der Waals surface area contributed by atoms with Crippen molar-refractivity contribution in [3.05, 3.63) is 58.5 Å². The topological polar surface area (TPSA) is 32.3 Å². The molecule has 74 valence electrons. The summed E-state index contributed by atoms with van der Waals surface area (Å²) < 4.78 is 0. The van der Waals surface area contributed by atoms with E-state index >= 15 is 0 Å². The van der Waals surface area contributed by atoms with Crippen molar-refractivity contribution in [3.63, 3.8) is 0 Å². The minimum absolute atomic E-state index is 0.0567. The molecule has 0 saturated carbocycles. The molecule has 1 aromatic rings.